The summed E-state index contributed by atoms with van der Waals surface area (Å²) in [7, 11) is 3.34. The van der Waals surface area contributed by atoms with Crippen LogP contribution in [0.15, 0.2) is 89.5 Å². The number of ether oxygens (including phenoxy) is 3. The Labute approximate surface area is 253 Å². The van der Waals surface area contributed by atoms with Crippen LogP contribution >= 0.6 is 15.9 Å². The standard InChI is InChI=1S/C33H31BrN4O4/c1-40-29-17-23-14-16-37(19-24(23)18-30(29)41-2)20-27-33(36-31-9-5-6-15-38(27)31)22-10-12-25(13-11-22)35-32(39)21-42-28-8-4-3-7-26(28)34/h3-13,15,17-18H,14,16,19-21H2,1-2H3,(H,35,39). The highest BCUT2D eigenvalue weighted by molar-refractivity contribution is 9.10. The average molecular weight is 628 g/mol. The van der Waals surface area contributed by atoms with E-state index in [4.69, 9.17) is 19.2 Å². The van der Waals surface area contributed by atoms with Gasteiger partial charge in [0.15, 0.2) is 18.1 Å². The van der Waals surface area contributed by atoms with E-state index in [9.17, 15) is 4.79 Å². The summed E-state index contributed by atoms with van der Waals surface area (Å²) in [5.41, 5.74) is 7.16. The van der Waals surface area contributed by atoms with Crippen LogP contribution in [0.4, 0.5) is 5.69 Å². The van der Waals surface area contributed by atoms with Crippen molar-refractivity contribution >= 4 is 33.2 Å². The molecular formula is C33H31BrN4O4. The number of nitrogens with one attached hydrogen (secondary N) is 1. The largest absolute Gasteiger partial charge is 0.493 e. The molecular weight excluding hydrogens is 596 g/mol. The first-order valence-corrected chi connectivity index (χ1v) is 14.5. The highest BCUT2D eigenvalue weighted by Crippen LogP contribution is 2.34. The maximum Gasteiger partial charge on any atom is 0.262 e. The molecule has 3 aromatic carbocycles. The molecule has 2 aromatic heterocycles. The fourth-order valence-corrected chi connectivity index (χ4v) is 5.73. The van der Waals surface area contributed by atoms with Crippen LogP contribution in [-0.4, -0.2) is 47.6 Å². The lowest BCUT2D eigenvalue weighted by atomic mass is 9.98. The number of pyridine rings is 1. The summed E-state index contributed by atoms with van der Waals surface area (Å²) in [6.07, 6.45) is 2.99. The lowest BCUT2D eigenvalue weighted by molar-refractivity contribution is -0.118. The van der Waals surface area contributed by atoms with E-state index in [-0.39, 0.29) is 12.5 Å². The van der Waals surface area contributed by atoms with Crippen LogP contribution in [0.25, 0.3) is 16.9 Å². The minimum Gasteiger partial charge on any atom is -0.493 e. The van der Waals surface area contributed by atoms with Gasteiger partial charge in [-0.05, 0) is 82.0 Å². The van der Waals surface area contributed by atoms with Crippen molar-refractivity contribution in [2.24, 2.45) is 0 Å². The summed E-state index contributed by atoms with van der Waals surface area (Å²) in [5.74, 6) is 1.91. The maximum absolute atomic E-state index is 12.5. The number of methoxy groups -OCH3 is 2. The lowest BCUT2D eigenvalue weighted by Crippen LogP contribution is -2.30. The van der Waals surface area contributed by atoms with Gasteiger partial charge < -0.3 is 23.9 Å². The van der Waals surface area contributed by atoms with Gasteiger partial charge in [0.1, 0.15) is 11.4 Å². The van der Waals surface area contributed by atoms with Crippen LogP contribution in [0, 0.1) is 0 Å². The molecule has 1 amide bonds. The molecule has 9 heteroatoms. The van der Waals surface area contributed by atoms with Gasteiger partial charge >= 0.3 is 0 Å². The summed E-state index contributed by atoms with van der Waals surface area (Å²) >= 11 is 3.43. The van der Waals surface area contributed by atoms with Crippen molar-refractivity contribution in [2.45, 2.75) is 19.5 Å². The molecule has 0 bridgehead atoms. The summed E-state index contributed by atoms with van der Waals surface area (Å²) in [6, 6.07) is 25.5. The molecule has 0 saturated carbocycles. The Morgan fingerprint density at radius 1 is 0.929 bits per heavy atom. The molecule has 0 aliphatic carbocycles. The van der Waals surface area contributed by atoms with Crippen molar-refractivity contribution in [3.05, 3.63) is 106 Å². The van der Waals surface area contributed by atoms with Crippen LogP contribution in [0.5, 0.6) is 17.2 Å². The van der Waals surface area contributed by atoms with Crippen molar-refractivity contribution < 1.29 is 19.0 Å². The second-order valence-corrected chi connectivity index (χ2v) is 11.0. The Balaban J connectivity index is 1.19. The summed E-state index contributed by atoms with van der Waals surface area (Å²) in [5, 5.41) is 2.91. The molecule has 0 fully saturated rings. The zero-order chi connectivity index (χ0) is 29.1. The Morgan fingerprint density at radius 2 is 1.67 bits per heavy atom. The predicted molar refractivity (Wildman–Crippen MR) is 166 cm³/mol. The van der Waals surface area contributed by atoms with Crippen LogP contribution < -0.4 is 19.5 Å². The van der Waals surface area contributed by atoms with Gasteiger partial charge in [0.2, 0.25) is 0 Å². The van der Waals surface area contributed by atoms with Crippen LogP contribution in [0.1, 0.15) is 16.8 Å². The third-order valence-corrected chi connectivity index (χ3v) is 8.09. The second-order valence-electron chi connectivity index (χ2n) is 10.1. The van der Waals surface area contributed by atoms with Gasteiger partial charge in [-0.15, -0.1) is 0 Å². The number of nitrogens with zero attached hydrogens (tertiary/aromatic N) is 3. The van der Waals surface area contributed by atoms with Crippen molar-refractivity contribution in [1.29, 1.82) is 0 Å². The van der Waals surface area contributed by atoms with E-state index in [1.165, 1.54) is 11.1 Å². The van der Waals surface area contributed by atoms with E-state index in [0.717, 1.165) is 64.6 Å². The van der Waals surface area contributed by atoms with E-state index < -0.39 is 0 Å². The first kappa shape index (κ1) is 27.8. The van der Waals surface area contributed by atoms with Crippen LogP contribution in [0.3, 0.4) is 0 Å². The summed E-state index contributed by atoms with van der Waals surface area (Å²) < 4.78 is 19.7. The van der Waals surface area contributed by atoms with Gasteiger partial charge in [-0.1, -0.05) is 30.3 Å². The van der Waals surface area contributed by atoms with Gasteiger partial charge in [-0.3, -0.25) is 9.69 Å². The molecule has 1 aliphatic rings. The number of imidazole rings is 1. The molecule has 1 aliphatic heterocycles. The first-order valence-electron chi connectivity index (χ1n) is 13.7. The summed E-state index contributed by atoms with van der Waals surface area (Å²) in [6.45, 7) is 2.38. The van der Waals surface area contributed by atoms with Crippen molar-refractivity contribution in [1.82, 2.24) is 14.3 Å². The second kappa shape index (κ2) is 12.3. The summed E-state index contributed by atoms with van der Waals surface area (Å²) in [4.78, 5) is 20.0. The normalized spacial score (nSPS) is 13.0. The number of rotatable bonds is 9. The lowest BCUT2D eigenvalue weighted by Gasteiger charge is -2.29. The average Bonchev–Trinajstić information content (AvgIpc) is 3.38. The van der Waals surface area contributed by atoms with Gasteiger partial charge in [-0.2, -0.15) is 0 Å². The minimum atomic E-state index is -0.230. The molecule has 1 N–H and O–H groups in total. The molecule has 0 radical (unpaired) electrons. The Hall–Kier alpha value is -4.34. The Kier molecular flexibility index (Phi) is 8.12. The Bertz CT molecular complexity index is 1730. The molecule has 8 nitrogen and oxygen atoms in total. The number of carbonyl (C=O) groups is 1. The number of para-hydroxylation sites is 1. The molecule has 0 atom stereocenters. The minimum absolute atomic E-state index is 0.0848. The number of aromatic nitrogens is 2. The van der Waals surface area contributed by atoms with Crippen molar-refractivity contribution in [3.63, 3.8) is 0 Å². The van der Waals surface area contributed by atoms with Gasteiger partial charge in [0, 0.05) is 37.1 Å². The van der Waals surface area contributed by atoms with E-state index in [1.54, 1.807) is 14.2 Å². The van der Waals surface area contributed by atoms with E-state index >= 15 is 0 Å². The zero-order valence-electron chi connectivity index (χ0n) is 23.5. The highest BCUT2D eigenvalue weighted by Gasteiger charge is 2.23. The number of hydrogen-bond acceptors (Lipinski definition) is 6. The smallest absolute Gasteiger partial charge is 0.262 e. The number of benzene rings is 3. The van der Waals surface area contributed by atoms with Crippen molar-refractivity contribution in [2.75, 3.05) is 32.7 Å². The highest BCUT2D eigenvalue weighted by atomic mass is 79.9. The molecule has 0 spiro atoms. The topological polar surface area (TPSA) is 77.3 Å². The number of amides is 1. The molecule has 0 saturated heterocycles. The maximum atomic E-state index is 12.5. The number of anilines is 1. The molecule has 6 rings (SSSR count). The first-order chi connectivity index (χ1) is 20.5. The molecule has 42 heavy (non-hydrogen) atoms. The van der Waals surface area contributed by atoms with Crippen LogP contribution in [0.2, 0.25) is 0 Å². The Morgan fingerprint density at radius 3 is 2.43 bits per heavy atom. The van der Waals surface area contributed by atoms with Gasteiger partial charge in [-0.25, -0.2) is 4.98 Å². The third kappa shape index (κ3) is 5.84. The van der Waals surface area contributed by atoms with Crippen LogP contribution in [-0.2, 0) is 24.3 Å². The fraction of sp³-hybridized carbons (Fsp3) is 0.212. The molecule has 214 valence electrons. The van der Waals surface area contributed by atoms with E-state index in [1.807, 2.05) is 66.7 Å². The number of hydrogen-bond donors (Lipinski definition) is 1. The quantitative estimate of drug-likeness (QED) is 0.205. The molecule has 0 unspecified atom stereocenters. The fourth-order valence-electron chi connectivity index (χ4n) is 5.33. The molecule has 5 aromatic rings. The SMILES string of the molecule is COc1cc2c(cc1OC)CN(Cc1c(-c3ccc(NC(=O)COc4ccccc4Br)cc3)nc3ccccn13)CC2. The number of fused-ring (bicyclic) bond motifs is 2. The number of carbonyl (C=O) groups excluding carboxylic acids is 1. The zero-order valence-corrected chi connectivity index (χ0v) is 25.1. The third-order valence-electron chi connectivity index (χ3n) is 7.44. The van der Waals surface area contributed by atoms with Gasteiger partial charge in [0.05, 0.1) is 30.1 Å². The molecule has 3 heterocycles. The van der Waals surface area contributed by atoms with Crippen molar-refractivity contribution in [3.8, 4) is 28.5 Å². The number of halogens is 1. The van der Waals surface area contributed by atoms with E-state index in [2.05, 4.69) is 48.9 Å². The van der Waals surface area contributed by atoms with E-state index in [0.29, 0.717) is 11.4 Å². The monoisotopic (exact) mass is 626 g/mol. The predicted octanol–water partition coefficient (Wildman–Crippen LogP) is 6.36. The van der Waals surface area contributed by atoms with Gasteiger partial charge in [0.25, 0.3) is 5.91 Å².